The monoisotopic (exact) mass is 308 g/mol. The lowest BCUT2D eigenvalue weighted by Crippen LogP contribution is -2.33. The van der Waals surface area contributed by atoms with E-state index in [-0.39, 0.29) is 11.6 Å². The second kappa shape index (κ2) is 4.39. The zero-order valence-electron chi connectivity index (χ0n) is 8.36. The summed E-state index contributed by atoms with van der Waals surface area (Å²) in [6, 6.07) is -0.246. The normalized spacial score (nSPS) is 15.2. The Morgan fingerprint density at radius 3 is 2.64 bits per heavy atom. The van der Waals surface area contributed by atoms with Crippen LogP contribution in [-0.4, -0.2) is 20.8 Å². The predicted molar refractivity (Wildman–Crippen MR) is 62.3 cm³/mol. The molecule has 0 aliphatic carbocycles. The fraction of sp³-hybridized carbons (Fsp3) is 0.556. The standard InChI is InChI=1S/C9H13IN2O2/c1-5(6(2)13)12-7(3)11-4-8(10)9(12)14/h4-6,13H,1-3H3. The van der Waals surface area contributed by atoms with E-state index in [1.807, 2.05) is 22.6 Å². The summed E-state index contributed by atoms with van der Waals surface area (Å²) in [5, 5.41) is 9.42. The van der Waals surface area contributed by atoms with Crippen LogP contribution in [0.4, 0.5) is 0 Å². The van der Waals surface area contributed by atoms with Gasteiger partial charge in [0, 0.05) is 6.20 Å². The average Bonchev–Trinajstić information content (AvgIpc) is 2.12. The van der Waals surface area contributed by atoms with Crippen LogP contribution in [0.25, 0.3) is 0 Å². The summed E-state index contributed by atoms with van der Waals surface area (Å²) in [4.78, 5) is 15.8. The van der Waals surface area contributed by atoms with Gasteiger partial charge in [-0.05, 0) is 43.4 Å². The lowest BCUT2D eigenvalue weighted by molar-refractivity contribution is 0.135. The summed E-state index contributed by atoms with van der Waals surface area (Å²) < 4.78 is 2.09. The molecule has 0 fully saturated rings. The zero-order valence-corrected chi connectivity index (χ0v) is 10.5. The summed E-state index contributed by atoms with van der Waals surface area (Å²) in [7, 11) is 0. The van der Waals surface area contributed by atoms with Gasteiger partial charge in [0.1, 0.15) is 5.82 Å². The van der Waals surface area contributed by atoms with Gasteiger partial charge in [-0.1, -0.05) is 0 Å². The van der Waals surface area contributed by atoms with Crippen molar-refractivity contribution in [2.45, 2.75) is 32.9 Å². The van der Waals surface area contributed by atoms with Gasteiger partial charge in [0.15, 0.2) is 0 Å². The van der Waals surface area contributed by atoms with Gasteiger partial charge in [-0.25, -0.2) is 4.98 Å². The predicted octanol–water partition coefficient (Wildman–Crippen LogP) is 1.10. The molecule has 1 aromatic heterocycles. The van der Waals surface area contributed by atoms with E-state index in [0.29, 0.717) is 9.39 Å². The number of aliphatic hydroxyl groups excluding tert-OH is 1. The second-order valence-electron chi connectivity index (χ2n) is 3.31. The minimum Gasteiger partial charge on any atom is -0.391 e. The Labute approximate surface area is 96.1 Å². The molecule has 1 aromatic rings. The van der Waals surface area contributed by atoms with E-state index in [9.17, 15) is 9.90 Å². The summed E-state index contributed by atoms with van der Waals surface area (Å²) >= 11 is 1.95. The van der Waals surface area contributed by atoms with Crippen molar-refractivity contribution in [3.05, 3.63) is 25.9 Å². The molecule has 0 bridgehead atoms. The van der Waals surface area contributed by atoms with E-state index in [0.717, 1.165) is 0 Å². The summed E-state index contributed by atoms with van der Waals surface area (Å²) in [5.74, 6) is 0.629. The third kappa shape index (κ3) is 2.14. The van der Waals surface area contributed by atoms with Crippen molar-refractivity contribution in [3.63, 3.8) is 0 Å². The molecular weight excluding hydrogens is 295 g/mol. The molecule has 0 aromatic carbocycles. The van der Waals surface area contributed by atoms with Gasteiger partial charge in [-0.2, -0.15) is 0 Å². The Balaban J connectivity index is 3.33. The third-order valence-corrected chi connectivity index (χ3v) is 2.98. The number of hydrogen-bond acceptors (Lipinski definition) is 3. The molecule has 2 atom stereocenters. The minimum atomic E-state index is -0.564. The number of rotatable bonds is 2. The Morgan fingerprint density at radius 2 is 2.14 bits per heavy atom. The minimum absolute atomic E-state index is 0.0912. The molecule has 78 valence electrons. The SMILES string of the molecule is Cc1ncc(I)c(=O)n1C(C)C(C)O. The van der Waals surface area contributed by atoms with Crippen LogP contribution in [0.2, 0.25) is 0 Å². The number of aliphatic hydroxyl groups is 1. The van der Waals surface area contributed by atoms with Crippen molar-refractivity contribution in [2.24, 2.45) is 0 Å². The lowest BCUT2D eigenvalue weighted by Gasteiger charge is -2.19. The largest absolute Gasteiger partial charge is 0.391 e. The van der Waals surface area contributed by atoms with E-state index in [4.69, 9.17) is 0 Å². The van der Waals surface area contributed by atoms with Crippen LogP contribution < -0.4 is 5.56 Å². The van der Waals surface area contributed by atoms with Gasteiger partial charge in [-0.15, -0.1) is 0 Å². The Hall–Kier alpha value is -0.430. The Morgan fingerprint density at radius 1 is 1.57 bits per heavy atom. The molecular formula is C9H13IN2O2. The van der Waals surface area contributed by atoms with Crippen molar-refractivity contribution in [1.82, 2.24) is 9.55 Å². The van der Waals surface area contributed by atoms with E-state index in [1.54, 1.807) is 27.0 Å². The lowest BCUT2D eigenvalue weighted by atomic mass is 10.2. The highest BCUT2D eigenvalue weighted by Gasteiger charge is 2.16. The van der Waals surface area contributed by atoms with Gasteiger partial charge >= 0.3 is 0 Å². The molecule has 0 aliphatic heterocycles. The highest BCUT2D eigenvalue weighted by molar-refractivity contribution is 14.1. The van der Waals surface area contributed by atoms with Crippen LogP contribution in [-0.2, 0) is 0 Å². The number of aryl methyl sites for hydroxylation is 1. The van der Waals surface area contributed by atoms with E-state index in [2.05, 4.69) is 4.98 Å². The van der Waals surface area contributed by atoms with Gasteiger partial charge in [0.2, 0.25) is 0 Å². The first-order valence-corrected chi connectivity index (χ1v) is 5.44. The fourth-order valence-electron chi connectivity index (χ4n) is 1.22. The first-order chi connectivity index (χ1) is 6.45. The fourth-order valence-corrected chi connectivity index (χ4v) is 1.62. The van der Waals surface area contributed by atoms with E-state index in [1.165, 1.54) is 4.57 Å². The average molecular weight is 308 g/mol. The van der Waals surface area contributed by atoms with Gasteiger partial charge in [0.05, 0.1) is 15.7 Å². The van der Waals surface area contributed by atoms with Crippen molar-refractivity contribution in [3.8, 4) is 0 Å². The maximum Gasteiger partial charge on any atom is 0.267 e. The topological polar surface area (TPSA) is 55.1 Å². The number of aromatic nitrogens is 2. The molecule has 1 N–H and O–H groups in total. The molecule has 0 aliphatic rings. The maximum absolute atomic E-state index is 11.7. The molecule has 1 heterocycles. The first-order valence-electron chi connectivity index (χ1n) is 4.37. The second-order valence-corrected chi connectivity index (χ2v) is 4.47. The Bertz CT molecular complexity index is 387. The zero-order chi connectivity index (χ0) is 10.9. The quantitative estimate of drug-likeness (QED) is 0.833. The molecule has 4 nitrogen and oxygen atoms in total. The van der Waals surface area contributed by atoms with E-state index >= 15 is 0 Å². The van der Waals surface area contributed by atoms with Crippen molar-refractivity contribution in [2.75, 3.05) is 0 Å². The molecule has 0 spiro atoms. The molecule has 14 heavy (non-hydrogen) atoms. The van der Waals surface area contributed by atoms with Gasteiger partial charge < -0.3 is 5.11 Å². The van der Waals surface area contributed by atoms with Crippen LogP contribution in [0, 0.1) is 10.5 Å². The van der Waals surface area contributed by atoms with Crippen LogP contribution in [0.5, 0.6) is 0 Å². The van der Waals surface area contributed by atoms with Crippen molar-refractivity contribution < 1.29 is 5.11 Å². The molecule has 0 radical (unpaired) electrons. The molecule has 0 amide bonds. The smallest absolute Gasteiger partial charge is 0.267 e. The third-order valence-electron chi connectivity index (χ3n) is 2.24. The summed E-state index contributed by atoms with van der Waals surface area (Å²) in [6.45, 7) is 5.23. The van der Waals surface area contributed by atoms with Gasteiger partial charge in [-0.3, -0.25) is 9.36 Å². The molecule has 0 saturated heterocycles. The highest BCUT2D eigenvalue weighted by atomic mass is 127. The van der Waals surface area contributed by atoms with Crippen LogP contribution >= 0.6 is 22.6 Å². The maximum atomic E-state index is 11.7. The molecule has 2 unspecified atom stereocenters. The summed E-state index contributed by atoms with van der Waals surface area (Å²) in [5.41, 5.74) is -0.0912. The number of nitrogens with zero attached hydrogens (tertiary/aromatic N) is 2. The number of hydrogen-bond donors (Lipinski definition) is 1. The molecule has 0 saturated carbocycles. The summed E-state index contributed by atoms with van der Waals surface area (Å²) in [6.07, 6.45) is 0.982. The van der Waals surface area contributed by atoms with Crippen LogP contribution in [0.15, 0.2) is 11.0 Å². The van der Waals surface area contributed by atoms with Crippen LogP contribution in [0.1, 0.15) is 25.7 Å². The highest BCUT2D eigenvalue weighted by Crippen LogP contribution is 2.10. The first kappa shape index (κ1) is 11.6. The van der Waals surface area contributed by atoms with Crippen molar-refractivity contribution >= 4 is 22.6 Å². The molecule has 1 rings (SSSR count). The Kier molecular flexibility index (Phi) is 3.65. The van der Waals surface area contributed by atoms with Crippen molar-refractivity contribution in [1.29, 1.82) is 0 Å². The number of halogens is 1. The van der Waals surface area contributed by atoms with E-state index < -0.39 is 6.10 Å². The van der Waals surface area contributed by atoms with Crippen LogP contribution in [0.3, 0.4) is 0 Å². The molecule has 5 heteroatoms. The van der Waals surface area contributed by atoms with Gasteiger partial charge in [0.25, 0.3) is 5.56 Å².